The molecule has 1 fully saturated rings. The second kappa shape index (κ2) is 7.09. The molecule has 1 unspecified atom stereocenters. The van der Waals surface area contributed by atoms with Gasteiger partial charge in [0, 0.05) is 19.6 Å². The van der Waals surface area contributed by atoms with Crippen molar-refractivity contribution in [2.24, 2.45) is 5.92 Å². The highest BCUT2D eigenvalue weighted by molar-refractivity contribution is 7.89. The van der Waals surface area contributed by atoms with Gasteiger partial charge in [0.1, 0.15) is 4.90 Å². The molecule has 1 aromatic carbocycles. The Morgan fingerprint density at radius 1 is 1.33 bits per heavy atom. The molecule has 6 heteroatoms. The molecular formula is C15H23ClN2O2S. The van der Waals surface area contributed by atoms with Crippen LogP contribution in [0.15, 0.2) is 23.1 Å². The Hall–Kier alpha value is -0.620. The Labute approximate surface area is 132 Å². The van der Waals surface area contributed by atoms with Gasteiger partial charge in [-0.1, -0.05) is 24.6 Å². The number of halogens is 1. The Kier molecular flexibility index (Phi) is 5.66. The van der Waals surface area contributed by atoms with Crippen molar-refractivity contribution in [3.63, 3.8) is 0 Å². The number of nitrogens with zero attached hydrogens (tertiary/aromatic N) is 1. The molecule has 21 heavy (non-hydrogen) atoms. The van der Waals surface area contributed by atoms with Gasteiger partial charge in [0.25, 0.3) is 0 Å². The summed E-state index contributed by atoms with van der Waals surface area (Å²) in [6.45, 7) is 3.96. The highest BCUT2D eigenvalue weighted by Gasteiger charge is 2.28. The van der Waals surface area contributed by atoms with Crippen molar-refractivity contribution in [2.45, 2.75) is 37.6 Å². The molecule has 1 saturated heterocycles. The van der Waals surface area contributed by atoms with E-state index in [1.165, 1.54) is 0 Å². The van der Waals surface area contributed by atoms with Crippen LogP contribution in [0, 0.1) is 5.92 Å². The molecule has 2 rings (SSSR count). The van der Waals surface area contributed by atoms with Gasteiger partial charge in [0.15, 0.2) is 0 Å². The van der Waals surface area contributed by atoms with E-state index in [2.05, 4.69) is 12.2 Å². The molecule has 0 saturated carbocycles. The normalized spacial score (nSPS) is 21.2. The minimum Gasteiger partial charge on any atom is -0.316 e. The Balaban J connectivity index is 2.32. The molecule has 1 aliphatic rings. The maximum Gasteiger partial charge on any atom is 0.244 e. The van der Waals surface area contributed by atoms with Crippen molar-refractivity contribution in [2.75, 3.05) is 20.1 Å². The van der Waals surface area contributed by atoms with Crippen LogP contribution in [-0.4, -0.2) is 32.9 Å². The fourth-order valence-corrected chi connectivity index (χ4v) is 4.69. The zero-order chi connectivity index (χ0) is 15.5. The van der Waals surface area contributed by atoms with E-state index in [-0.39, 0.29) is 4.90 Å². The second-order valence-electron chi connectivity index (χ2n) is 5.74. The van der Waals surface area contributed by atoms with Crippen molar-refractivity contribution < 1.29 is 8.42 Å². The SMILES string of the molecule is CNCc1ccc(Cl)c(S(=O)(=O)N2CCCC(C)CC2)c1. The summed E-state index contributed by atoms with van der Waals surface area (Å²) in [4.78, 5) is 0.228. The monoisotopic (exact) mass is 330 g/mol. The minimum absolute atomic E-state index is 0.228. The van der Waals surface area contributed by atoms with Crippen LogP contribution in [0.25, 0.3) is 0 Å². The van der Waals surface area contributed by atoms with E-state index in [1.54, 1.807) is 16.4 Å². The summed E-state index contributed by atoms with van der Waals surface area (Å²) in [7, 11) is -1.67. The topological polar surface area (TPSA) is 49.4 Å². The first kappa shape index (κ1) is 16.7. The van der Waals surface area contributed by atoms with E-state index in [9.17, 15) is 8.42 Å². The number of hydrogen-bond acceptors (Lipinski definition) is 3. The molecule has 4 nitrogen and oxygen atoms in total. The molecule has 0 amide bonds. The van der Waals surface area contributed by atoms with E-state index >= 15 is 0 Å². The predicted molar refractivity (Wildman–Crippen MR) is 86.0 cm³/mol. The van der Waals surface area contributed by atoms with E-state index in [0.29, 0.717) is 30.6 Å². The summed E-state index contributed by atoms with van der Waals surface area (Å²) >= 11 is 6.14. The molecule has 1 atom stereocenters. The van der Waals surface area contributed by atoms with Crippen LogP contribution < -0.4 is 5.32 Å². The van der Waals surface area contributed by atoms with Gasteiger partial charge in [-0.05, 0) is 49.9 Å². The van der Waals surface area contributed by atoms with Crippen molar-refractivity contribution in [1.29, 1.82) is 0 Å². The third kappa shape index (κ3) is 3.97. The molecule has 1 aliphatic heterocycles. The molecule has 1 N–H and O–H groups in total. The van der Waals surface area contributed by atoms with Gasteiger partial charge in [-0.3, -0.25) is 0 Å². The third-order valence-electron chi connectivity index (χ3n) is 3.97. The highest BCUT2D eigenvalue weighted by atomic mass is 35.5. The lowest BCUT2D eigenvalue weighted by atomic mass is 10.0. The summed E-state index contributed by atoms with van der Waals surface area (Å²) in [6.07, 6.45) is 2.90. The van der Waals surface area contributed by atoms with Gasteiger partial charge < -0.3 is 5.32 Å². The summed E-state index contributed by atoms with van der Waals surface area (Å²) in [5.41, 5.74) is 0.920. The second-order valence-corrected chi connectivity index (χ2v) is 8.05. The fourth-order valence-electron chi connectivity index (χ4n) is 2.68. The first-order valence-electron chi connectivity index (χ1n) is 7.38. The number of hydrogen-bond donors (Lipinski definition) is 1. The van der Waals surface area contributed by atoms with Gasteiger partial charge in [-0.2, -0.15) is 4.31 Å². The van der Waals surface area contributed by atoms with Crippen molar-refractivity contribution in [1.82, 2.24) is 9.62 Å². The molecular weight excluding hydrogens is 308 g/mol. The van der Waals surface area contributed by atoms with Gasteiger partial charge in [0.05, 0.1) is 5.02 Å². The first-order valence-corrected chi connectivity index (χ1v) is 9.20. The minimum atomic E-state index is -3.51. The van der Waals surface area contributed by atoms with E-state index in [1.807, 2.05) is 13.1 Å². The van der Waals surface area contributed by atoms with Crippen LogP contribution >= 0.6 is 11.6 Å². The predicted octanol–water partition coefficient (Wildman–Crippen LogP) is 2.87. The quantitative estimate of drug-likeness (QED) is 0.923. The zero-order valence-electron chi connectivity index (χ0n) is 12.6. The lowest BCUT2D eigenvalue weighted by molar-refractivity contribution is 0.416. The van der Waals surface area contributed by atoms with Crippen LogP contribution in [0.5, 0.6) is 0 Å². The van der Waals surface area contributed by atoms with Crippen molar-refractivity contribution in [3.05, 3.63) is 28.8 Å². The lowest BCUT2D eigenvalue weighted by Crippen LogP contribution is -2.32. The molecule has 0 aromatic heterocycles. The van der Waals surface area contributed by atoms with Crippen LogP contribution in [0.2, 0.25) is 5.02 Å². The van der Waals surface area contributed by atoms with Crippen molar-refractivity contribution in [3.8, 4) is 0 Å². The maximum atomic E-state index is 12.8. The first-order chi connectivity index (χ1) is 9.95. The third-order valence-corrected chi connectivity index (χ3v) is 6.35. The smallest absolute Gasteiger partial charge is 0.244 e. The summed E-state index contributed by atoms with van der Waals surface area (Å²) in [5.74, 6) is 0.580. The molecule has 1 heterocycles. The summed E-state index contributed by atoms with van der Waals surface area (Å²) in [5, 5.41) is 3.32. The lowest BCUT2D eigenvalue weighted by Gasteiger charge is -2.21. The van der Waals surface area contributed by atoms with Gasteiger partial charge in [0.2, 0.25) is 10.0 Å². The van der Waals surface area contributed by atoms with E-state index in [4.69, 9.17) is 11.6 Å². The molecule has 0 radical (unpaired) electrons. The molecule has 0 spiro atoms. The van der Waals surface area contributed by atoms with Crippen LogP contribution in [0.3, 0.4) is 0 Å². The van der Waals surface area contributed by atoms with Crippen LogP contribution in [-0.2, 0) is 16.6 Å². The van der Waals surface area contributed by atoms with E-state index < -0.39 is 10.0 Å². The fraction of sp³-hybridized carbons (Fsp3) is 0.600. The van der Waals surface area contributed by atoms with Gasteiger partial charge in [-0.15, -0.1) is 0 Å². The average molecular weight is 331 g/mol. The Bertz CT molecular complexity index is 589. The zero-order valence-corrected chi connectivity index (χ0v) is 14.2. The standard InChI is InChI=1S/C15H23ClN2O2S/c1-12-4-3-8-18(9-7-12)21(19,20)15-10-13(11-17-2)5-6-14(15)16/h5-6,10,12,17H,3-4,7-9,11H2,1-2H3. The molecule has 0 bridgehead atoms. The van der Waals surface area contributed by atoms with Gasteiger partial charge >= 0.3 is 0 Å². The van der Waals surface area contributed by atoms with Crippen LogP contribution in [0.4, 0.5) is 0 Å². The van der Waals surface area contributed by atoms with Crippen LogP contribution in [0.1, 0.15) is 31.7 Å². The number of benzene rings is 1. The average Bonchev–Trinajstić information content (AvgIpc) is 2.66. The Morgan fingerprint density at radius 3 is 2.81 bits per heavy atom. The van der Waals surface area contributed by atoms with Gasteiger partial charge in [-0.25, -0.2) is 8.42 Å². The maximum absolute atomic E-state index is 12.8. The molecule has 1 aromatic rings. The number of rotatable bonds is 4. The molecule has 0 aliphatic carbocycles. The number of nitrogens with one attached hydrogen (secondary N) is 1. The molecule has 118 valence electrons. The highest BCUT2D eigenvalue weighted by Crippen LogP contribution is 2.28. The Morgan fingerprint density at radius 2 is 2.10 bits per heavy atom. The largest absolute Gasteiger partial charge is 0.316 e. The number of sulfonamides is 1. The van der Waals surface area contributed by atoms with E-state index in [0.717, 1.165) is 24.8 Å². The van der Waals surface area contributed by atoms with Crippen molar-refractivity contribution >= 4 is 21.6 Å². The summed E-state index contributed by atoms with van der Waals surface area (Å²) < 4.78 is 27.3. The summed E-state index contributed by atoms with van der Waals surface area (Å²) in [6, 6.07) is 5.20.